The SMILES string of the molecule is COc1cccc(C(O)Cc2c(F)cccc2F)c1. The number of rotatable bonds is 4. The van der Waals surface area contributed by atoms with Gasteiger partial charge in [-0.3, -0.25) is 0 Å². The summed E-state index contributed by atoms with van der Waals surface area (Å²) in [6.45, 7) is 0. The lowest BCUT2D eigenvalue weighted by Crippen LogP contribution is -2.06. The number of hydrogen-bond acceptors (Lipinski definition) is 2. The Labute approximate surface area is 110 Å². The van der Waals surface area contributed by atoms with Crippen molar-refractivity contribution < 1.29 is 18.6 Å². The van der Waals surface area contributed by atoms with Crippen molar-refractivity contribution in [2.75, 3.05) is 7.11 Å². The van der Waals surface area contributed by atoms with E-state index >= 15 is 0 Å². The Morgan fingerprint density at radius 3 is 2.37 bits per heavy atom. The molecule has 0 aliphatic rings. The number of hydrogen-bond donors (Lipinski definition) is 1. The first-order valence-electron chi connectivity index (χ1n) is 5.86. The van der Waals surface area contributed by atoms with E-state index < -0.39 is 17.7 Å². The topological polar surface area (TPSA) is 29.5 Å². The molecule has 0 fully saturated rings. The lowest BCUT2D eigenvalue weighted by Gasteiger charge is -2.13. The average molecular weight is 264 g/mol. The summed E-state index contributed by atoms with van der Waals surface area (Å²) < 4.78 is 32.0. The normalized spacial score (nSPS) is 12.2. The molecule has 0 spiro atoms. The van der Waals surface area contributed by atoms with E-state index in [-0.39, 0.29) is 12.0 Å². The Balaban J connectivity index is 2.23. The Morgan fingerprint density at radius 2 is 1.74 bits per heavy atom. The van der Waals surface area contributed by atoms with Crippen LogP contribution in [0.15, 0.2) is 42.5 Å². The molecule has 0 aliphatic carbocycles. The summed E-state index contributed by atoms with van der Waals surface area (Å²) >= 11 is 0. The van der Waals surface area contributed by atoms with E-state index in [4.69, 9.17) is 4.74 Å². The average Bonchev–Trinajstić information content (AvgIpc) is 2.43. The first kappa shape index (κ1) is 13.5. The van der Waals surface area contributed by atoms with Crippen LogP contribution < -0.4 is 4.74 Å². The summed E-state index contributed by atoms with van der Waals surface area (Å²) in [4.78, 5) is 0. The Bertz CT molecular complexity index is 550. The van der Waals surface area contributed by atoms with Gasteiger partial charge in [0.05, 0.1) is 13.2 Å². The molecule has 1 unspecified atom stereocenters. The third-order valence-corrected chi connectivity index (χ3v) is 2.94. The van der Waals surface area contributed by atoms with Gasteiger partial charge in [0.15, 0.2) is 0 Å². The summed E-state index contributed by atoms with van der Waals surface area (Å²) in [6.07, 6.45) is -1.10. The highest BCUT2D eigenvalue weighted by Gasteiger charge is 2.15. The van der Waals surface area contributed by atoms with Gasteiger partial charge in [-0.2, -0.15) is 0 Å². The molecule has 2 aromatic carbocycles. The van der Waals surface area contributed by atoms with Gasteiger partial charge in [-0.05, 0) is 29.8 Å². The maximum Gasteiger partial charge on any atom is 0.129 e. The van der Waals surface area contributed by atoms with Crippen molar-refractivity contribution in [3.8, 4) is 5.75 Å². The highest BCUT2D eigenvalue weighted by Crippen LogP contribution is 2.24. The molecule has 0 amide bonds. The zero-order valence-electron chi connectivity index (χ0n) is 10.4. The number of ether oxygens (including phenoxy) is 1. The van der Waals surface area contributed by atoms with Crippen LogP contribution in [0.25, 0.3) is 0 Å². The summed E-state index contributed by atoms with van der Waals surface area (Å²) in [7, 11) is 1.52. The van der Waals surface area contributed by atoms with Crippen LogP contribution in [0.5, 0.6) is 5.75 Å². The zero-order valence-corrected chi connectivity index (χ0v) is 10.4. The van der Waals surface area contributed by atoms with Crippen molar-refractivity contribution in [2.24, 2.45) is 0 Å². The van der Waals surface area contributed by atoms with Gasteiger partial charge in [0.2, 0.25) is 0 Å². The molecule has 0 radical (unpaired) electrons. The van der Waals surface area contributed by atoms with E-state index in [1.54, 1.807) is 24.3 Å². The molecule has 0 heterocycles. The second-order valence-corrected chi connectivity index (χ2v) is 4.20. The smallest absolute Gasteiger partial charge is 0.129 e. The van der Waals surface area contributed by atoms with Crippen LogP contribution in [-0.4, -0.2) is 12.2 Å². The van der Waals surface area contributed by atoms with Crippen molar-refractivity contribution in [3.63, 3.8) is 0 Å². The van der Waals surface area contributed by atoms with E-state index in [1.165, 1.54) is 25.3 Å². The lowest BCUT2D eigenvalue weighted by molar-refractivity contribution is 0.175. The van der Waals surface area contributed by atoms with E-state index in [0.29, 0.717) is 11.3 Å². The minimum atomic E-state index is -0.985. The molecule has 4 heteroatoms. The molecule has 0 saturated heterocycles. The first-order chi connectivity index (χ1) is 9.11. The quantitative estimate of drug-likeness (QED) is 0.918. The van der Waals surface area contributed by atoms with Gasteiger partial charge in [0.25, 0.3) is 0 Å². The first-order valence-corrected chi connectivity index (χ1v) is 5.86. The standard InChI is InChI=1S/C15H14F2O2/c1-19-11-5-2-4-10(8-11)15(18)9-12-13(16)6-3-7-14(12)17/h2-8,15,18H,9H2,1H3. The Hall–Kier alpha value is -1.94. The molecular formula is C15H14F2O2. The van der Waals surface area contributed by atoms with E-state index in [9.17, 15) is 13.9 Å². The summed E-state index contributed by atoms with van der Waals surface area (Å²) in [5.41, 5.74) is 0.444. The van der Waals surface area contributed by atoms with E-state index in [1.807, 2.05) is 0 Å². The van der Waals surface area contributed by atoms with Crippen LogP contribution >= 0.6 is 0 Å². The molecule has 2 nitrogen and oxygen atoms in total. The second kappa shape index (κ2) is 5.80. The largest absolute Gasteiger partial charge is 0.497 e. The molecule has 0 bridgehead atoms. The third-order valence-electron chi connectivity index (χ3n) is 2.94. The molecular weight excluding hydrogens is 250 g/mol. The molecule has 19 heavy (non-hydrogen) atoms. The van der Waals surface area contributed by atoms with Gasteiger partial charge in [0, 0.05) is 12.0 Å². The molecule has 2 aromatic rings. The Morgan fingerprint density at radius 1 is 1.11 bits per heavy atom. The van der Waals surface area contributed by atoms with Crippen molar-refractivity contribution in [1.29, 1.82) is 0 Å². The fourth-order valence-corrected chi connectivity index (χ4v) is 1.89. The van der Waals surface area contributed by atoms with Crippen LogP contribution in [0.1, 0.15) is 17.2 Å². The number of methoxy groups -OCH3 is 1. The number of benzene rings is 2. The second-order valence-electron chi connectivity index (χ2n) is 4.20. The number of halogens is 2. The van der Waals surface area contributed by atoms with Crippen LogP contribution in [0.4, 0.5) is 8.78 Å². The van der Waals surface area contributed by atoms with Crippen LogP contribution in [-0.2, 0) is 6.42 Å². The molecule has 1 atom stereocenters. The Kier molecular flexibility index (Phi) is 4.12. The van der Waals surface area contributed by atoms with Gasteiger partial charge < -0.3 is 9.84 Å². The molecule has 100 valence electrons. The summed E-state index contributed by atoms with van der Waals surface area (Å²) in [5, 5.41) is 10.1. The van der Waals surface area contributed by atoms with Crippen molar-refractivity contribution in [2.45, 2.75) is 12.5 Å². The fraction of sp³-hybridized carbons (Fsp3) is 0.200. The zero-order chi connectivity index (χ0) is 13.8. The minimum absolute atomic E-state index is 0.113. The monoisotopic (exact) mass is 264 g/mol. The predicted octanol–water partition coefficient (Wildman–Crippen LogP) is 3.25. The highest BCUT2D eigenvalue weighted by atomic mass is 19.1. The van der Waals surface area contributed by atoms with Gasteiger partial charge in [-0.15, -0.1) is 0 Å². The molecule has 0 aromatic heterocycles. The van der Waals surface area contributed by atoms with Crippen molar-refractivity contribution in [1.82, 2.24) is 0 Å². The maximum atomic E-state index is 13.5. The van der Waals surface area contributed by atoms with Crippen LogP contribution in [0.2, 0.25) is 0 Å². The highest BCUT2D eigenvalue weighted by molar-refractivity contribution is 5.31. The minimum Gasteiger partial charge on any atom is -0.497 e. The molecule has 0 saturated carbocycles. The van der Waals surface area contributed by atoms with Crippen molar-refractivity contribution in [3.05, 3.63) is 65.2 Å². The van der Waals surface area contributed by atoms with Crippen LogP contribution in [0.3, 0.4) is 0 Å². The lowest BCUT2D eigenvalue weighted by atomic mass is 10.0. The van der Waals surface area contributed by atoms with Gasteiger partial charge >= 0.3 is 0 Å². The number of aliphatic hydroxyl groups excluding tert-OH is 1. The van der Waals surface area contributed by atoms with Gasteiger partial charge in [-0.1, -0.05) is 18.2 Å². The van der Waals surface area contributed by atoms with Gasteiger partial charge in [-0.25, -0.2) is 8.78 Å². The third kappa shape index (κ3) is 3.09. The molecule has 1 N–H and O–H groups in total. The van der Waals surface area contributed by atoms with E-state index in [2.05, 4.69) is 0 Å². The predicted molar refractivity (Wildman–Crippen MR) is 68.0 cm³/mol. The summed E-state index contributed by atoms with van der Waals surface area (Å²) in [5.74, 6) is -0.713. The fourth-order valence-electron chi connectivity index (χ4n) is 1.89. The molecule has 0 aliphatic heterocycles. The maximum absolute atomic E-state index is 13.5. The van der Waals surface area contributed by atoms with Crippen LogP contribution in [0, 0.1) is 11.6 Å². The van der Waals surface area contributed by atoms with Crippen molar-refractivity contribution >= 4 is 0 Å². The van der Waals surface area contributed by atoms with Gasteiger partial charge in [0.1, 0.15) is 17.4 Å². The molecule has 2 rings (SSSR count). The number of aliphatic hydroxyl groups is 1. The van der Waals surface area contributed by atoms with E-state index in [0.717, 1.165) is 0 Å². The summed E-state index contributed by atoms with van der Waals surface area (Å²) in [6, 6.07) is 10.4.